The molecule has 98 valence electrons. The average Bonchev–Trinajstić information content (AvgIpc) is 2.61. The topological polar surface area (TPSA) is 35.6 Å². The van der Waals surface area contributed by atoms with Gasteiger partial charge in [-0.05, 0) is 46.8 Å². The maximum atomic E-state index is 12.5. The van der Waals surface area contributed by atoms with Crippen LogP contribution in [0.5, 0.6) is 0 Å². The molecule has 0 saturated carbocycles. The smallest absolute Gasteiger partial charge is 0.227 e. The van der Waals surface area contributed by atoms with Gasteiger partial charge < -0.3 is 15.1 Å². The molecule has 4 heteroatoms. The first kappa shape index (κ1) is 12.8. The van der Waals surface area contributed by atoms with Crippen LogP contribution in [-0.2, 0) is 4.79 Å². The third-order valence-electron chi connectivity index (χ3n) is 4.17. The van der Waals surface area contributed by atoms with Gasteiger partial charge in [-0.15, -0.1) is 0 Å². The molecular weight excluding hydrogens is 214 g/mol. The molecule has 2 saturated heterocycles. The molecule has 1 amide bonds. The van der Waals surface area contributed by atoms with Gasteiger partial charge >= 0.3 is 0 Å². The van der Waals surface area contributed by atoms with Crippen molar-refractivity contribution in [3.8, 4) is 0 Å². The Balaban J connectivity index is 2.02. The highest BCUT2D eigenvalue weighted by Gasteiger charge is 2.35. The third kappa shape index (κ3) is 2.80. The van der Waals surface area contributed by atoms with Gasteiger partial charge in [0.15, 0.2) is 0 Å². The summed E-state index contributed by atoms with van der Waals surface area (Å²) < 4.78 is 0. The zero-order chi connectivity index (χ0) is 12.4. The zero-order valence-electron chi connectivity index (χ0n) is 11.3. The Hall–Kier alpha value is -0.610. The van der Waals surface area contributed by atoms with Gasteiger partial charge in [0.25, 0.3) is 0 Å². The lowest BCUT2D eigenvalue weighted by Gasteiger charge is -2.31. The van der Waals surface area contributed by atoms with Crippen molar-refractivity contribution in [2.75, 3.05) is 33.2 Å². The number of amides is 1. The molecule has 2 rings (SSSR count). The number of rotatable bonds is 1. The maximum absolute atomic E-state index is 12.5. The first-order chi connectivity index (χ1) is 8.09. The van der Waals surface area contributed by atoms with E-state index in [1.165, 1.54) is 0 Å². The standard InChI is InChI=1S/C13H25N3O/c1-10-9-15(3)7-4-8-16(10)13(17)12-5-6-14-11(12)2/h10-12,14H,4-9H2,1-3H3. The number of nitrogens with zero attached hydrogens (tertiary/aromatic N) is 2. The van der Waals surface area contributed by atoms with Gasteiger partial charge in [0.05, 0.1) is 5.92 Å². The number of hydrogen-bond donors (Lipinski definition) is 1. The van der Waals surface area contributed by atoms with Crippen molar-refractivity contribution in [1.82, 2.24) is 15.1 Å². The summed E-state index contributed by atoms with van der Waals surface area (Å²) in [5, 5.41) is 3.37. The van der Waals surface area contributed by atoms with E-state index in [1.54, 1.807) is 0 Å². The number of nitrogens with one attached hydrogen (secondary N) is 1. The van der Waals surface area contributed by atoms with Crippen LogP contribution in [0.4, 0.5) is 0 Å². The summed E-state index contributed by atoms with van der Waals surface area (Å²) in [4.78, 5) is 17.0. The maximum Gasteiger partial charge on any atom is 0.227 e. The van der Waals surface area contributed by atoms with Crippen molar-refractivity contribution in [1.29, 1.82) is 0 Å². The third-order valence-corrected chi connectivity index (χ3v) is 4.17. The monoisotopic (exact) mass is 239 g/mol. The van der Waals surface area contributed by atoms with Crippen molar-refractivity contribution in [2.24, 2.45) is 5.92 Å². The minimum Gasteiger partial charge on any atom is -0.338 e. The van der Waals surface area contributed by atoms with Gasteiger partial charge in [0.2, 0.25) is 5.91 Å². The molecule has 0 radical (unpaired) electrons. The molecular formula is C13H25N3O. The number of likely N-dealkylation sites (N-methyl/N-ethyl adjacent to an activating group) is 1. The van der Waals surface area contributed by atoms with Crippen LogP contribution in [0, 0.1) is 5.92 Å². The quantitative estimate of drug-likeness (QED) is 0.725. The Morgan fingerprint density at radius 3 is 2.71 bits per heavy atom. The van der Waals surface area contributed by atoms with E-state index in [-0.39, 0.29) is 5.92 Å². The second kappa shape index (κ2) is 5.36. The Morgan fingerprint density at radius 1 is 1.29 bits per heavy atom. The summed E-state index contributed by atoms with van der Waals surface area (Å²) in [7, 11) is 2.14. The molecule has 2 aliphatic rings. The molecule has 2 heterocycles. The molecule has 1 N–H and O–H groups in total. The van der Waals surface area contributed by atoms with E-state index in [0.29, 0.717) is 18.0 Å². The van der Waals surface area contributed by atoms with Crippen molar-refractivity contribution in [2.45, 2.75) is 38.8 Å². The van der Waals surface area contributed by atoms with Gasteiger partial charge in [-0.2, -0.15) is 0 Å². The lowest BCUT2D eigenvalue weighted by atomic mass is 9.99. The van der Waals surface area contributed by atoms with Crippen molar-refractivity contribution in [3.63, 3.8) is 0 Å². The largest absolute Gasteiger partial charge is 0.338 e. The first-order valence-corrected chi connectivity index (χ1v) is 6.82. The molecule has 3 unspecified atom stereocenters. The second-order valence-electron chi connectivity index (χ2n) is 5.63. The Kier molecular flexibility index (Phi) is 4.05. The summed E-state index contributed by atoms with van der Waals surface area (Å²) in [5.74, 6) is 0.561. The van der Waals surface area contributed by atoms with Crippen LogP contribution < -0.4 is 5.32 Å². The highest BCUT2D eigenvalue weighted by Crippen LogP contribution is 2.21. The molecule has 0 aromatic rings. The summed E-state index contributed by atoms with van der Waals surface area (Å²) in [5.41, 5.74) is 0. The minimum atomic E-state index is 0.195. The molecule has 17 heavy (non-hydrogen) atoms. The lowest BCUT2D eigenvalue weighted by Crippen LogP contribution is -2.46. The number of carbonyl (C=O) groups excluding carboxylic acids is 1. The van der Waals surface area contributed by atoms with Gasteiger partial charge in [-0.1, -0.05) is 0 Å². The Morgan fingerprint density at radius 2 is 2.06 bits per heavy atom. The normalized spacial score (nSPS) is 35.9. The number of hydrogen-bond acceptors (Lipinski definition) is 3. The van der Waals surface area contributed by atoms with E-state index in [1.807, 2.05) is 0 Å². The SMILES string of the molecule is CC1NCCC1C(=O)N1CCCN(C)CC1C. The predicted molar refractivity (Wildman–Crippen MR) is 68.9 cm³/mol. The zero-order valence-corrected chi connectivity index (χ0v) is 11.3. The van der Waals surface area contributed by atoms with Gasteiger partial charge in [-0.3, -0.25) is 4.79 Å². The minimum absolute atomic E-state index is 0.195. The average molecular weight is 239 g/mol. The van der Waals surface area contributed by atoms with Crippen LogP contribution in [0.15, 0.2) is 0 Å². The van der Waals surface area contributed by atoms with E-state index in [0.717, 1.165) is 39.0 Å². The van der Waals surface area contributed by atoms with Crippen molar-refractivity contribution < 1.29 is 4.79 Å². The molecule has 0 aliphatic carbocycles. The first-order valence-electron chi connectivity index (χ1n) is 6.82. The summed E-state index contributed by atoms with van der Waals surface area (Å²) in [6.45, 7) is 8.32. The number of carbonyl (C=O) groups is 1. The molecule has 3 atom stereocenters. The highest BCUT2D eigenvalue weighted by atomic mass is 16.2. The Bertz CT molecular complexity index is 282. The second-order valence-corrected chi connectivity index (χ2v) is 5.63. The molecule has 0 aromatic carbocycles. The fourth-order valence-corrected chi connectivity index (χ4v) is 3.11. The van der Waals surface area contributed by atoms with Crippen LogP contribution in [0.2, 0.25) is 0 Å². The Labute approximate surface area is 104 Å². The lowest BCUT2D eigenvalue weighted by molar-refractivity contribution is -0.137. The van der Waals surface area contributed by atoms with Gasteiger partial charge in [-0.25, -0.2) is 0 Å². The molecule has 0 spiro atoms. The fraction of sp³-hybridized carbons (Fsp3) is 0.923. The van der Waals surface area contributed by atoms with Crippen molar-refractivity contribution in [3.05, 3.63) is 0 Å². The summed E-state index contributed by atoms with van der Waals surface area (Å²) in [6.07, 6.45) is 2.10. The van der Waals surface area contributed by atoms with E-state index >= 15 is 0 Å². The van der Waals surface area contributed by atoms with E-state index in [9.17, 15) is 4.79 Å². The van der Waals surface area contributed by atoms with Crippen LogP contribution in [0.25, 0.3) is 0 Å². The molecule has 2 fully saturated rings. The molecule has 4 nitrogen and oxygen atoms in total. The van der Waals surface area contributed by atoms with Crippen LogP contribution >= 0.6 is 0 Å². The van der Waals surface area contributed by atoms with Gasteiger partial charge in [0.1, 0.15) is 0 Å². The van der Waals surface area contributed by atoms with E-state index < -0.39 is 0 Å². The van der Waals surface area contributed by atoms with E-state index in [4.69, 9.17) is 0 Å². The summed E-state index contributed by atoms with van der Waals surface area (Å²) >= 11 is 0. The predicted octanol–water partition coefficient (Wildman–Crippen LogP) is 0.537. The summed E-state index contributed by atoms with van der Waals surface area (Å²) in [6, 6.07) is 0.693. The molecule has 2 aliphatic heterocycles. The van der Waals surface area contributed by atoms with Crippen molar-refractivity contribution >= 4 is 5.91 Å². The highest BCUT2D eigenvalue weighted by molar-refractivity contribution is 5.80. The molecule has 0 aromatic heterocycles. The van der Waals surface area contributed by atoms with Crippen LogP contribution in [0.3, 0.4) is 0 Å². The van der Waals surface area contributed by atoms with Crippen LogP contribution in [-0.4, -0.2) is 61.0 Å². The molecule has 0 bridgehead atoms. The van der Waals surface area contributed by atoms with Crippen LogP contribution in [0.1, 0.15) is 26.7 Å². The van der Waals surface area contributed by atoms with E-state index in [2.05, 4.69) is 36.0 Å². The van der Waals surface area contributed by atoms with Gasteiger partial charge in [0, 0.05) is 25.2 Å². The fourth-order valence-electron chi connectivity index (χ4n) is 3.11.